The highest BCUT2D eigenvalue weighted by Crippen LogP contribution is 2.18. The van der Waals surface area contributed by atoms with Crippen LogP contribution in [0.2, 0.25) is 0 Å². The monoisotopic (exact) mass is 367 g/mol. The normalized spacial score (nSPS) is 14.6. The molecule has 1 aromatic carbocycles. The number of aryl methyl sites for hydroxylation is 1. The van der Waals surface area contributed by atoms with E-state index in [1.807, 2.05) is 0 Å². The smallest absolute Gasteiger partial charge is 0.274 e. The first-order chi connectivity index (χ1) is 13.0. The van der Waals surface area contributed by atoms with Crippen molar-refractivity contribution in [1.82, 2.24) is 25.0 Å². The lowest BCUT2D eigenvalue weighted by Gasteiger charge is -2.34. The van der Waals surface area contributed by atoms with Crippen molar-refractivity contribution in [3.05, 3.63) is 57.8 Å². The Morgan fingerprint density at radius 3 is 2.41 bits per heavy atom. The van der Waals surface area contributed by atoms with Crippen molar-refractivity contribution in [3.63, 3.8) is 0 Å². The number of carbonyl (C=O) groups excluding carboxylic acids is 2. The maximum Gasteiger partial charge on any atom is 0.274 e. The highest BCUT2D eigenvalue weighted by Gasteiger charge is 2.26. The van der Waals surface area contributed by atoms with E-state index in [2.05, 4.69) is 15.2 Å². The van der Waals surface area contributed by atoms with Crippen molar-refractivity contribution in [1.29, 1.82) is 0 Å². The van der Waals surface area contributed by atoms with Gasteiger partial charge in [-0.3, -0.25) is 14.4 Å². The largest absolute Gasteiger partial charge is 0.441 e. The molecule has 1 N–H and O–H groups in total. The standard InChI is InChI=1S/C18H17N5O4/c1-11-19-13-3-2-12(10-15(13)27-11)17(25)22-6-8-23(9-7-22)18(26)14-4-5-16(24)21-20-14/h2-5,10H,6-9H2,1H3,(H,21,24). The van der Waals surface area contributed by atoms with E-state index in [4.69, 9.17) is 4.42 Å². The average Bonchev–Trinajstić information content (AvgIpc) is 3.07. The number of nitrogens with one attached hydrogen (secondary N) is 1. The van der Waals surface area contributed by atoms with E-state index in [1.165, 1.54) is 12.1 Å². The number of hydrogen-bond acceptors (Lipinski definition) is 6. The van der Waals surface area contributed by atoms with Crippen LogP contribution in [0.15, 0.2) is 39.5 Å². The molecular formula is C18H17N5O4. The van der Waals surface area contributed by atoms with Crippen molar-refractivity contribution in [2.45, 2.75) is 6.92 Å². The Hall–Kier alpha value is -3.49. The molecule has 0 unspecified atom stereocenters. The van der Waals surface area contributed by atoms with Gasteiger partial charge in [-0.2, -0.15) is 5.10 Å². The summed E-state index contributed by atoms with van der Waals surface area (Å²) < 4.78 is 5.49. The third kappa shape index (κ3) is 3.31. The zero-order valence-corrected chi connectivity index (χ0v) is 14.6. The predicted octanol–water partition coefficient (Wildman–Crippen LogP) is 0.818. The Bertz CT molecular complexity index is 1060. The first-order valence-corrected chi connectivity index (χ1v) is 8.53. The molecule has 0 saturated carbocycles. The molecule has 2 amide bonds. The van der Waals surface area contributed by atoms with Gasteiger partial charge in [0.05, 0.1) is 0 Å². The topological polar surface area (TPSA) is 112 Å². The summed E-state index contributed by atoms with van der Waals surface area (Å²) in [5.74, 6) is 0.176. The number of oxazole rings is 1. The molecule has 0 bridgehead atoms. The summed E-state index contributed by atoms with van der Waals surface area (Å²) in [5, 5.41) is 6.01. The number of rotatable bonds is 2. The maximum absolute atomic E-state index is 12.7. The van der Waals surface area contributed by atoms with Gasteiger partial charge in [0.1, 0.15) is 11.2 Å². The number of aromatic amines is 1. The summed E-state index contributed by atoms with van der Waals surface area (Å²) in [7, 11) is 0. The first-order valence-electron chi connectivity index (χ1n) is 8.53. The van der Waals surface area contributed by atoms with Gasteiger partial charge in [-0.05, 0) is 24.3 Å². The Morgan fingerprint density at radius 1 is 1.04 bits per heavy atom. The minimum atomic E-state index is -0.360. The molecule has 0 atom stereocenters. The molecule has 4 rings (SSSR count). The zero-order valence-electron chi connectivity index (χ0n) is 14.6. The Balaban J connectivity index is 1.43. The number of carbonyl (C=O) groups is 2. The van der Waals surface area contributed by atoms with Crippen LogP contribution in [0.4, 0.5) is 0 Å². The number of H-pyrrole nitrogens is 1. The van der Waals surface area contributed by atoms with Gasteiger partial charge < -0.3 is 14.2 Å². The lowest BCUT2D eigenvalue weighted by molar-refractivity contribution is 0.0531. The van der Waals surface area contributed by atoms with Gasteiger partial charge in [0, 0.05) is 44.7 Å². The molecule has 1 aliphatic heterocycles. The van der Waals surface area contributed by atoms with E-state index in [0.717, 1.165) is 0 Å². The average molecular weight is 367 g/mol. The van der Waals surface area contributed by atoms with E-state index in [0.29, 0.717) is 48.7 Å². The number of hydrogen-bond donors (Lipinski definition) is 1. The third-order valence-corrected chi connectivity index (χ3v) is 4.49. The third-order valence-electron chi connectivity index (χ3n) is 4.49. The van der Waals surface area contributed by atoms with Gasteiger partial charge in [-0.15, -0.1) is 0 Å². The van der Waals surface area contributed by atoms with Crippen LogP contribution in [0.1, 0.15) is 26.7 Å². The lowest BCUT2D eigenvalue weighted by atomic mass is 10.1. The SMILES string of the molecule is Cc1nc2ccc(C(=O)N3CCN(C(=O)c4ccc(=O)[nH]n4)CC3)cc2o1. The summed E-state index contributed by atoms with van der Waals surface area (Å²) in [6, 6.07) is 7.85. The van der Waals surface area contributed by atoms with Gasteiger partial charge in [-0.1, -0.05) is 0 Å². The van der Waals surface area contributed by atoms with Crippen molar-refractivity contribution in [3.8, 4) is 0 Å². The molecule has 2 aromatic heterocycles. The highest BCUT2D eigenvalue weighted by atomic mass is 16.3. The number of fused-ring (bicyclic) bond motifs is 1. The van der Waals surface area contributed by atoms with Gasteiger partial charge in [-0.25, -0.2) is 10.1 Å². The molecule has 9 heteroatoms. The second-order valence-corrected chi connectivity index (χ2v) is 6.31. The molecule has 27 heavy (non-hydrogen) atoms. The maximum atomic E-state index is 12.7. The molecule has 138 valence electrons. The Kier molecular flexibility index (Phi) is 4.19. The van der Waals surface area contributed by atoms with Crippen LogP contribution < -0.4 is 5.56 Å². The fourth-order valence-corrected chi connectivity index (χ4v) is 3.09. The van der Waals surface area contributed by atoms with E-state index in [1.54, 1.807) is 34.9 Å². The summed E-state index contributed by atoms with van der Waals surface area (Å²) in [5.41, 5.74) is 1.64. The van der Waals surface area contributed by atoms with Gasteiger partial charge in [0.25, 0.3) is 17.4 Å². The lowest BCUT2D eigenvalue weighted by Crippen LogP contribution is -2.50. The highest BCUT2D eigenvalue weighted by molar-refractivity contribution is 5.97. The minimum Gasteiger partial charge on any atom is -0.441 e. The van der Waals surface area contributed by atoms with E-state index in [9.17, 15) is 14.4 Å². The van der Waals surface area contributed by atoms with E-state index < -0.39 is 0 Å². The van der Waals surface area contributed by atoms with Gasteiger partial charge in [0.15, 0.2) is 11.5 Å². The van der Waals surface area contributed by atoms with Crippen LogP contribution in [0.5, 0.6) is 0 Å². The van der Waals surface area contributed by atoms with Crippen LogP contribution in [0.3, 0.4) is 0 Å². The molecule has 1 aliphatic rings. The van der Waals surface area contributed by atoms with E-state index in [-0.39, 0.29) is 23.1 Å². The van der Waals surface area contributed by atoms with E-state index >= 15 is 0 Å². The number of benzene rings is 1. The number of aromatic nitrogens is 3. The zero-order chi connectivity index (χ0) is 19.0. The quantitative estimate of drug-likeness (QED) is 0.717. The molecule has 0 spiro atoms. The second kappa shape index (κ2) is 6.67. The van der Waals surface area contributed by atoms with Crippen LogP contribution in [-0.2, 0) is 0 Å². The fourth-order valence-electron chi connectivity index (χ4n) is 3.09. The Labute approximate surface area is 153 Å². The van der Waals surface area contributed by atoms with Crippen LogP contribution >= 0.6 is 0 Å². The van der Waals surface area contributed by atoms with Gasteiger partial charge in [0.2, 0.25) is 0 Å². The van der Waals surface area contributed by atoms with Crippen LogP contribution in [0, 0.1) is 6.92 Å². The van der Waals surface area contributed by atoms with Gasteiger partial charge >= 0.3 is 0 Å². The van der Waals surface area contributed by atoms with Crippen LogP contribution in [0.25, 0.3) is 11.1 Å². The fraction of sp³-hybridized carbons (Fsp3) is 0.278. The summed E-state index contributed by atoms with van der Waals surface area (Å²) >= 11 is 0. The first kappa shape index (κ1) is 17.0. The molecule has 9 nitrogen and oxygen atoms in total. The summed E-state index contributed by atoms with van der Waals surface area (Å²) in [6.45, 7) is 3.39. The molecule has 3 heterocycles. The predicted molar refractivity (Wildman–Crippen MR) is 95.4 cm³/mol. The minimum absolute atomic E-state index is 0.111. The molecule has 0 aliphatic carbocycles. The second-order valence-electron chi connectivity index (χ2n) is 6.31. The number of nitrogens with zero attached hydrogens (tertiary/aromatic N) is 4. The summed E-state index contributed by atoms with van der Waals surface area (Å²) in [6.07, 6.45) is 0. The van der Waals surface area contributed by atoms with Crippen LogP contribution in [-0.4, -0.2) is 63.0 Å². The van der Waals surface area contributed by atoms with Crippen molar-refractivity contribution < 1.29 is 14.0 Å². The van der Waals surface area contributed by atoms with Crippen molar-refractivity contribution in [2.75, 3.05) is 26.2 Å². The number of amides is 2. The molecular weight excluding hydrogens is 350 g/mol. The van der Waals surface area contributed by atoms with Crippen molar-refractivity contribution >= 4 is 22.9 Å². The molecule has 1 saturated heterocycles. The van der Waals surface area contributed by atoms with Crippen molar-refractivity contribution in [2.24, 2.45) is 0 Å². The summed E-state index contributed by atoms with van der Waals surface area (Å²) in [4.78, 5) is 43.8. The molecule has 0 radical (unpaired) electrons. The Morgan fingerprint density at radius 2 is 1.74 bits per heavy atom. The molecule has 1 fully saturated rings. The molecule has 3 aromatic rings. The number of piperazine rings is 1.